The first kappa shape index (κ1) is 11.3. The minimum atomic E-state index is -0.294. The van der Waals surface area contributed by atoms with Gasteiger partial charge in [-0.05, 0) is 36.4 Å². The summed E-state index contributed by atoms with van der Waals surface area (Å²) in [4.78, 5) is 5.54. The number of thiophene rings is 1. The summed E-state index contributed by atoms with van der Waals surface area (Å²) in [6.07, 6.45) is 3.87. The molecule has 0 aliphatic heterocycles. The molecule has 2 nitrogen and oxygen atoms in total. The number of pyridine rings is 1. The SMILES string of the molecule is OC(CCc1cccs1)Cc1ccccn1. The summed E-state index contributed by atoms with van der Waals surface area (Å²) in [7, 11) is 0. The maximum atomic E-state index is 9.87. The van der Waals surface area contributed by atoms with Crippen LogP contribution in [0, 0.1) is 0 Å². The number of aliphatic hydroxyl groups excluding tert-OH is 1. The van der Waals surface area contributed by atoms with Crippen LogP contribution < -0.4 is 0 Å². The van der Waals surface area contributed by atoms with E-state index in [1.807, 2.05) is 24.3 Å². The monoisotopic (exact) mass is 233 g/mol. The second-order valence-corrected chi connectivity index (χ2v) is 4.83. The summed E-state index contributed by atoms with van der Waals surface area (Å²) < 4.78 is 0. The van der Waals surface area contributed by atoms with E-state index in [1.54, 1.807) is 17.5 Å². The van der Waals surface area contributed by atoms with Crippen LogP contribution in [0.3, 0.4) is 0 Å². The molecule has 0 aliphatic carbocycles. The van der Waals surface area contributed by atoms with E-state index in [-0.39, 0.29) is 6.10 Å². The lowest BCUT2D eigenvalue weighted by Crippen LogP contribution is -2.12. The largest absolute Gasteiger partial charge is 0.393 e. The van der Waals surface area contributed by atoms with Crippen LogP contribution in [-0.4, -0.2) is 16.2 Å². The van der Waals surface area contributed by atoms with E-state index in [2.05, 4.69) is 16.4 Å². The molecule has 0 aliphatic rings. The highest BCUT2D eigenvalue weighted by Crippen LogP contribution is 2.13. The van der Waals surface area contributed by atoms with Gasteiger partial charge in [0.05, 0.1) is 6.10 Å². The third kappa shape index (κ3) is 3.43. The molecule has 0 spiro atoms. The molecule has 3 heteroatoms. The van der Waals surface area contributed by atoms with Crippen LogP contribution in [-0.2, 0) is 12.8 Å². The summed E-state index contributed by atoms with van der Waals surface area (Å²) >= 11 is 1.74. The van der Waals surface area contributed by atoms with Crippen molar-refractivity contribution in [3.63, 3.8) is 0 Å². The molecule has 2 aromatic rings. The quantitative estimate of drug-likeness (QED) is 0.861. The number of hydrogen-bond acceptors (Lipinski definition) is 3. The zero-order chi connectivity index (χ0) is 11.2. The lowest BCUT2D eigenvalue weighted by molar-refractivity contribution is 0.164. The highest BCUT2D eigenvalue weighted by Gasteiger charge is 2.06. The third-order valence-electron chi connectivity index (χ3n) is 2.47. The Hall–Kier alpha value is -1.19. The Labute approximate surface area is 99.6 Å². The molecule has 1 atom stereocenters. The van der Waals surface area contributed by atoms with Gasteiger partial charge in [-0.1, -0.05) is 12.1 Å². The molecule has 2 aromatic heterocycles. The highest BCUT2D eigenvalue weighted by molar-refractivity contribution is 7.09. The smallest absolute Gasteiger partial charge is 0.0599 e. The molecular formula is C13H15NOS. The first-order valence-electron chi connectivity index (χ1n) is 5.45. The van der Waals surface area contributed by atoms with Crippen LogP contribution in [0.25, 0.3) is 0 Å². The standard InChI is InChI=1S/C13H15NOS/c15-12(6-7-13-5-3-9-16-13)10-11-4-1-2-8-14-11/h1-5,8-9,12,15H,6-7,10H2. The number of aliphatic hydroxyl groups is 1. The molecular weight excluding hydrogens is 218 g/mol. The van der Waals surface area contributed by atoms with Crippen molar-refractivity contribution in [3.05, 3.63) is 52.5 Å². The Balaban J connectivity index is 1.78. The molecule has 1 N–H and O–H groups in total. The number of nitrogens with zero attached hydrogens (tertiary/aromatic N) is 1. The molecule has 0 amide bonds. The summed E-state index contributed by atoms with van der Waals surface area (Å²) in [6.45, 7) is 0. The van der Waals surface area contributed by atoms with E-state index in [9.17, 15) is 5.11 Å². The van der Waals surface area contributed by atoms with Crippen molar-refractivity contribution in [2.75, 3.05) is 0 Å². The van der Waals surface area contributed by atoms with Crippen molar-refractivity contribution in [1.82, 2.24) is 4.98 Å². The van der Waals surface area contributed by atoms with Gasteiger partial charge in [-0.2, -0.15) is 0 Å². The van der Waals surface area contributed by atoms with Crippen molar-refractivity contribution < 1.29 is 5.11 Å². The number of hydrogen-bond donors (Lipinski definition) is 1. The second kappa shape index (κ2) is 5.77. The van der Waals surface area contributed by atoms with Gasteiger partial charge < -0.3 is 5.11 Å². The predicted molar refractivity (Wildman–Crippen MR) is 66.6 cm³/mol. The summed E-state index contributed by atoms with van der Waals surface area (Å²) in [5, 5.41) is 11.9. The second-order valence-electron chi connectivity index (χ2n) is 3.80. The molecule has 1 unspecified atom stereocenters. The van der Waals surface area contributed by atoms with Gasteiger partial charge in [-0.15, -0.1) is 11.3 Å². The van der Waals surface area contributed by atoms with Gasteiger partial charge >= 0.3 is 0 Å². The first-order chi connectivity index (χ1) is 7.84. The minimum Gasteiger partial charge on any atom is -0.393 e. The van der Waals surface area contributed by atoms with E-state index >= 15 is 0 Å². The Kier molecular flexibility index (Phi) is 4.08. The normalized spacial score (nSPS) is 12.6. The van der Waals surface area contributed by atoms with Crippen molar-refractivity contribution in [3.8, 4) is 0 Å². The first-order valence-corrected chi connectivity index (χ1v) is 6.33. The van der Waals surface area contributed by atoms with Crippen molar-refractivity contribution in [2.45, 2.75) is 25.4 Å². The van der Waals surface area contributed by atoms with E-state index in [4.69, 9.17) is 0 Å². The van der Waals surface area contributed by atoms with Gasteiger partial charge in [0.1, 0.15) is 0 Å². The summed E-state index contributed by atoms with van der Waals surface area (Å²) in [5.41, 5.74) is 0.959. The van der Waals surface area contributed by atoms with Crippen molar-refractivity contribution in [2.24, 2.45) is 0 Å². The fourth-order valence-corrected chi connectivity index (χ4v) is 2.35. The molecule has 2 heterocycles. The van der Waals surface area contributed by atoms with Crippen molar-refractivity contribution >= 4 is 11.3 Å². The zero-order valence-corrected chi connectivity index (χ0v) is 9.86. The molecule has 84 valence electrons. The van der Waals surface area contributed by atoms with Gasteiger partial charge in [0.15, 0.2) is 0 Å². The molecule has 0 bridgehead atoms. The van der Waals surface area contributed by atoms with Gasteiger partial charge in [0.25, 0.3) is 0 Å². The van der Waals surface area contributed by atoms with E-state index in [1.165, 1.54) is 4.88 Å². The molecule has 0 aromatic carbocycles. The fourth-order valence-electron chi connectivity index (χ4n) is 1.63. The van der Waals surface area contributed by atoms with Gasteiger partial charge in [-0.25, -0.2) is 0 Å². The molecule has 16 heavy (non-hydrogen) atoms. The van der Waals surface area contributed by atoms with Crippen LogP contribution in [0.5, 0.6) is 0 Å². The van der Waals surface area contributed by atoms with Gasteiger partial charge in [0.2, 0.25) is 0 Å². The molecule has 0 saturated heterocycles. The van der Waals surface area contributed by atoms with Crippen LogP contribution in [0.15, 0.2) is 41.9 Å². The molecule has 0 fully saturated rings. The average Bonchev–Trinajstić information content (AvgIpc) is 2.81. The Morgan fingerprint density at radius 3 is 2.88 bits per heavy atom. The Bertz CT molecular complexity index is 399. The van der Waals surface area contributed by atoms with E-state index in [0.29, 0.717) is 6.42 Å². The van der Waals surface area contributed by atoms with Gasteiger partial charge in [-0.3, -0.25) is 4.98 Å². The maximum absolute atomic E-state index is 9.87. The van der Waals surface area contributed by atoms with Crippen LogP contribution in [0.2, 0.25) is 0 Å². The Morgan fingerprint density at radius 1 is 1.25 bits per heavy atom. The summed E-state index contributed by atoms with van der Waals surface area (Å²) in [5.74, 6) is 0. The van der Waals surface area contributed by atoms with Crippen LogP contribution >= 0.6 is 11.3 Å². The fraction of sp³-hybridized carbons (Fsp3) is 0.308. The van der Waals surface area contributed by atoms with E-state index < -0.39 is 0 Å². The molecule has 0 radical (unpaired) electrons. The number of aromatic nitrogens is 1. The van der Waals surface area contributed by atoms with Gasteiger partial charge in [0, 0.05) is 23.2 Å². The lowest BCUT2D eigenvalue weighted by Gasteiger charge is -2.08. The lowest BCUT2D eigenvalue weighted by atomic mass is 10.1. The van der Waals surface area contributed by atoms with E-state index in [0.717, 1.165) is 18.5 Å². The maximum Gasteiger partial charge on any atom is 0.0599 e. The van der Waals surface area contributed by atoms with Crippen LogP contribution in [0.4, 0.5) is 0 Å². The highest BCUT2D eigenvalue weighted by atomic mass is 32.1. The number of rotatable bonds is 5. The van der Waals surface area contributed by atoms with Crippen molar-refractivity contribution in [1.29, 1.82) is 0 Å². The number of aryl methyl sites for hydroxylation is 1. The molecule has 0 saturated carbocycles. The third-order valence-corrected chi connectivity index (χ3v) is 3.41. The Morgan fingerprint density at radius 2 is 2.19 bits per heavy atom. The summed E-state index contributed by atoms with van der Waals surface area (Å²) in [6, 6.07) is 9.95. The average molecular weight is 233 g/mol. The zero-order valence-electron chi connectivity index (χ0n) is 9.04. The topological polar surface area (TPSA) is 33.1 Å². The predicted octanol–water partition coefficient (Wildman–Crippen LogP) is 2.68. The molecule has 2 rings (SSSR count). The van der Waals surface area contributed by atoms with Crippen LogP contribution in [0.1, 0.15) is 17.0 Å². The minimum absolute atomic E-state index is 0.294.